The first-order valence-electron chi connectivity index (χ1n) is 12.5. The van der Waals surface area contributed by atoms with Crippen molar-refractivity contribution < 1.29 is 25.8 Å². The number of benzene rings is 3. The molecule has 0 radical (unpaired) electrons. The van der Waals surface area contributed by atoms with Gasteiger partial charge in [0.1, 0.15) is 23.7 Å². The van der Waals surface area contributed by atoms with Gasteiger partial charge in [0.15, 0.2) is 0 Å². The minimum atomic E-state index is -4.80. The zero-order valence-corrected chi connectivity index (χ0v) is 23.9. The molecule has 212 valence electrons. The highest BCUT2D eigenvalue weighted by Crippen LogP contribution is 2.38. The van der Waals surface area contributed by atoms with Crippen LogP contribution in [0, 0.1) is 0 Å². The maximum atomic E-state index is 13.3. The van der Waals surface area contributed by atoms with Crippen LogP contribution in [0.5, 0.6) is 11.5 Å². The standard InChI is InChI=1S/C29H27N3O7S2/c1-31-19-26(24-15-16-32(28(24)29(31)33)18-21-9-5-3-6-10-21)25-17-22(30-20-38-41(36,37)40(2,34)35)13-14-27(25)39-23-11-7-4-8-12-23/h3-17,19,30H,18,20H2,1-2H3. The van der Waals surface area contributed by atoms with Gasteiger partial charge < -0.3 is 19.2 Å². The van der Waals surface area contributed by atoms with Crippen LogP contribution in [0.1, 0.15) is 5.56 Å². The summed E-state index contributed by atoms with van der Waals surface area (Å²) in [5.41, 5.74) is 3.15. The van der Waals surface area contributed by atoms with Crippen LogP contribution in [0.15, 0.2) is 102 Å². The molecule has 3 aromatic carbocycles. The Balaban J connectivity index is 1.59. The second kappa shape index (κ2) is 11.2. The molecule has 5 aromatic rings. The van der Waals surface area contributed by atoms with Crippen molar-refractivity contribution in [3.05, 3.63) is 113 Å². The van der Waals surface area contributed by atoms with E-state index in [2.05, 4.69) is 9.50 Å². The molecule has 41 heavy (non-hydrogen) atoms. The van der Waals surface area contributed by atoms with Crippen LogP contribution in [0.3, 0.4) is 0 Å². The van der Waals surface area contributed by atoms with Crippen molar-refractivity contribution >= 4 is 34.6 Å². The summed E-state index contributed by atoms with van der Waals surface area (Å²) in [5, 5.41) is 3.49. The molecule has 0 bridgehead atoms. The molecule has 0 amide bonds. The van der Waals surface area contributed by atoms with Gasteiger partial charge in [-0.1, -0.05) is 48.5 Å². The molecule has 10 nitrogen and oxygen atoms in total. The first kappa shape index (κ1) is 28.1. The van der Waals surface area contributed by atoms with Crippen LogP contribution in [0.4, 0.5) is 5.69 Å². The average molecular weight is 594 g/mol. The van der Waals surface area contributed by atoms with E-state index in [-0.39, 0.29) is 5.56 Å². The van der Waals surface area contributed by atoms with Crippen molar-refractivity contribution in [2.45, 2.75) is 6.54 Å². The number of fused-ring (bicyclic) bond motifs is 1. The quantitative estimate of drug-likeness (QED) is 0.185. The van der Waals surface area contributed by atoms with Gasteiger partial charge in [0, 0.05) is 48.2 Å². The summed E-state index contributed by atoms with van der Waals surface area (Å²) >= 11 is 0. The maximum absolute atomic E-state index is 13.3. The van der Waals surface area contributed by atoms with Gasteiger partial charge in [-0.15, -0.1) is 0 Å². The van der Waals surface area contributed by atoms with Crippen LogP contribution in [-0.2, 0) is 35.8 Å². The number of ether oxygens (including phenoxy) is 1. The number of nitrogens with zero attached hydrogens (tertiary/aromatic N) is 2. The van der Waals surface area contributed by atoms with E-state index in [1.807, 2.05) is 77.5 Å². The average Bonchev–Trinajstić information content (AvgIpc) is 3.35. The molecule has 0 saturated carbocycles. The van der Waals surface area contributed by atoms with Crippen LogP contribution in [0.25, 0.3) is 22.0 Å². The molecule has 0 saturated heterocycles. The molecule has 0 unspecified atom stereocenters. The Hall–Kier alpha value is -4.39. The summed E-state index contributed by atoms with van der Waals surface area (Å²) in [6.07, 6.45) is 4.15. The van der Waals surface area contributed by atoms with Gasteiger partial charge in [0.25, 0.3) is 14.4 Å². The van der Waals surface area contributed by atoms with Crippen LogP contribution >= 0.6 is 0 Å². The van der Waals surface area contributed by atoms with Gasteiger partial charge in [-0.25, -0.2) is 12.6 Å². The Morgan fingerprint density at radius 1 is 0.854 bits per heavy atom. The normalized spacial score (nSPS) is 12.0. The van der Waals surface area contributed by atoms with E-state index in [1.54, 1.807) is 31.4 Å². The Bertz CT molecular complexity index is 1990. The number of pyridine rings is 1. The second-order valence-electron chi connectivity index (χ2n) is 9.33. The van der Waals surface area contributed by atoms with Crippen LogP contribution in [-0.4, -0.2) is 39.0 Å². The third-order valence-corrected chi connectivity index (χ3v) is 10.0. The van der Waals surface area contributed by atoms with E-state index >= 15 is 0 Å². The van der Waals surface area contributed by atoms with Gasteiger partial charge in [0.05, 0.1) is 6.26 Å². The smallest absolute Gasteiger partial charge is 0.376 e. The summed E-state index contributed by atoms with van der Waals surface area (Å²) < 4.78 is 60.9. The zero-order valence-electron chi connectivity index (χ0n) is 22.2. The van der Waals surface area contributed by atoms with E-state index in [4.69, 9.17) is 4.74 Å². The molecule has 0 aliphatic carbocycles. The van der Waals surface area contributed by atoms with Gasteiger partial charge >= 0.3 is 9.15 Å². The lowest BCUT2D eigenvalue weighted by Gasteiger charge is -2.16. The lowest BCUT2D eigenvalue weighted by atomic mass is 10.0. The molecule has 2 aromatic heterocycles. The Kier molecular flexibility index (Phi) is 7.72. The molecular weight excluding hydrogens is 566 g/mol. The molecule has 0 atom stereocenters. The first-order valence-corrected chi connectivity index (χ1v) is 16.3. The highest BCUT2D eigenvalue weighted by Gasteiger charge is 2.25. The van der Waals surface area contributed by atoms with Gasteiger partial charge in [0.2, 0.25) is 0 Å². The van der Waals surface area contributed by atoms with E-state index in [0.717, 1.165) is 5.56 Å². The number of para-hydroxylation sites is 1. The number of nitrogens with one attached hydrogen (secondary N) is 1. The molecule has 0 aliphatic rings. The highest BCUT2D eigenvalue weighted by molar-refractivity contribution is 8.65. The summed E-state index contributed by atoms with van der Waals surface area (Å²) in [4.78, 5) is 13.3. The summed E-state index contributed by atoms with van der Waals surface area (Å²) in [6.45, 7) is -0.103. The van der Waals surface area contributed by atoms with E-state index in [0.29, 0.717) is 52.0 Å². The number of aryl methyl sites for hydroxylation is 1. The number of hydrogen-bond donors (Lipinski definition) is 1. The van der Waals surface area contributed by atoms with Crippen LogP contribution < -0.4 is 15.6 Å². The van der Waals surface area contributed by atoms with Gasteiger partial charge in [-0.3, -0.25) is 4.79 Å². The lowest BCUT2D eigenvalue weighted by molar-refractivity contribution is 0.353. The van der Waals surface area contributed by atoms with Gasteiger partial charge in [-0.2, -0.15) is 8.42 Å². The van der Waals surface area contributed by atoms with E-state index in [1.165, 1.54) is 4.57 Å². The number of hydrogen-bond acceptors (Lipinski definition) is 8. The molecule has 0 fully saturated rings. The minimum absolute atomic E-state index is 0.163. The monoisotopic (exact) mass is 593 g/mol. The molecule has 5 rings (SSSR count). The third kappa shape index (κ3) is 6.04. The Morgan fingerprint density at radius 3 is 2.22 bits per heavy atom. The predicted molar refractivity (Wildman–Crippen MR) is 158 cm³/mol. The van der Waals surface area contributed by atoms with Crippen molar-refractivity contribution in [1.82, 2.24) is 9.13 Å². The summed E-state index contributed by atoms with van der Waals surface area (Å²) in [5.74, 6) is 1.09. The number of rotatable bonds is 10. The SMILES string of the molecule is Cn1cc(-c2cc(NCOS(=O)(=O)S(C)(=O)=O)ccc2Oc2ccccc2)c2ccn(Cc3ccccc3)c2c1=O. The molecule has 0 aliphatic heterocycles. The Morgan fingerprint density at radius 2 is 1.54 bits per heavy atom. The largest absolute Gasteiger partial charge is 0.457 e. The molecule has 1 N–H and O–H groups in total. The Labute approximate surface area is 236 Å². The van der Waals surface area contributed by atoms with Crippen LogP contribution in [0.2, 0.25) is 0 Å². The minimum Gasteiger partial charge on any atom is -0.457 e. The highest BCUT2D eigenvalue weighted by atomic mass is 33.2. The first-order chi connectivity index (χ1) is 19.5. The fourth-order valence-electron chi connectivity index (χ4n) is 4.37. The molecule has 2 heterocycles. The summed E-state index contributed by atoms with van der Waals surface area (Å²) in [7, 11) is -7.57. The second-order valence-corrected chi connectivity index (χ2v) is 14.8. The topological polar surface area (TPSA) is 126 Å². The fraction of sp³-hybridized carbons (Fsp3) is 0.138. The van der Waals surface area contributed by atoms with Gasteiger partial charge in [-0.05, 0) is 42.0 Å². The molecule has 0 spiro atoms. The van der Waals surface area contributed by atoms with Crippen molar-refractivity contribution in [3.63, 3.8) is 0 Å². The fourth-order valence-corrected chi connectivity index (χ4v) is 5.42. The van der Waals surface area contributed by atoms with E-state index < -0.39 is 24.8 Å². The van der Waals surface area contributed by atoms with Crippen molar-refractivity contribution in [2.24, 2.45) is 7.05 Å². The maximum Gasteiger partial charge on any atom is 0.376 e. The summed E-state index contributed by atoms with van der Waals surface area (Å²) in [6, 6.07) is 26.0. The van der Waals surface area contributed by atoms with E-state index in [9.17, 15) is 21.6 Å². The lowest BCUT2D eigenvalue weighted by Crippen LogP contribution is -2.20. The number of aromatic nitrogens is 2. The molecular formula is C29H27N3O7S2. The van der Waals surface area contributed by atoms with Crippen molar-refractivity contribution in [3.8, 4) is 22.6 Å². The third-order valence-electron chi connectivity index (χ3n) is 6.39. The zero-order chi connectivity index (χ0) is 29.2. The predicted octanol–water partition coefficient (Wildman–Crippen LogP) is 4.52. The number of anilines is 1. The van der Waals surface area contributed by atoms with Crippen molar-refractivity contribution in [2.75, 3.05) is 18.3 Å². The van der Waals surface area contributed by atoms with Crippen molar-refractivity contribution in [1.29, 1.82) is 0 Å². The molecule has 12 heteroatoms.